The molecule has 88 valence electrons. The van der Waals surface area contributed by atoms with E-state index in [9.17, 15) is 0 Å². The molecule has 0 aromatic carbocycles. The maximum atomic E-state index is 7.42. The zero-order valence-electron chi connectivity index (χ0n) is 10.0. The predicted molar refractivity (Wildman–Crippen MR) is 63.1 cm³/mol. The number of ether oxygens (including phenoxy) is 1. The van der Waals surface area contributed by atoms with Gasteiger partial charge in [0.05, 0.1) is 5.84 Å². The van der Waals surface area contributed by atoms with Crippen LogP contribution in [0.2, 0.25) is 0 Å². The molecule has 0 heterocycles. The lowest BCUT2D eigenvalue weighted by atomic mass is 9.86. The first kappa shape index (κ1) is 12.5. The number of rotatable bonds is 8. The van der Waals surface area contributed by atoms with Gasteiger partial charge in [-0.25, -0.2) is 0 Å². The second kappa shape index (κ2) is 5.50. The van der Waals surface area contributed by atoms with Crippen molar-refractivity contribution in [1.82, 2.24) is 0 Å². The van der Waals surface area contributed by atoms with Crippen LogP contribution >= 0.6 is 0 Å². The Bertz CT molecular complexity index is 210. The lowest BCUT2D eigenvalue weighted by Crippen LogP contribution is -2.30. The van der Waals surface area contributed by atoms with Crippen LogP contribution in [0.5, 0.6) is 0 Å². The second-order valence-corrected chi connectivity index (χ2v) is 5.27. The van der Waals surface area contributed by atoms with Gasteiger partial charge in [-0.1, -0.05) is 20.3 Å². The number of amidine groups is 1. The number of hydrogen-bond acceptors (Lipinski definition) is 2. The lowest BCUT2D eigenvalue weighted by Gasteiger charge is -2.22. The number of unbranched alkanes of at least 4 members (excludes halogenated alkanes) is 1. The fraction of sp³-hybridized carbons (Fsp3) is 0.917. The molecule has 0 aliphatic heterocycles. The van der Waals surface area contributed by atoms with Gasteiger partial charge in [-0.3, -0.25) is 5.41 Å². The van der Waals surface area contributed by atoms with Gasteiger partial charge in [-0.05, 0) is 31.6 Å². The molecule has 3 heteroatoms. The Labute approximate surface area is 92.9 Å². The largest absolute Gasteiger partial charge is 0.387 e. The molecule has 0 atom stereocenters. The molecule has 0 radical (unpaired) electrons. The van der Waals surface area contributed by atoms with Gasteiger partial charge >= 0.3 is 0 Å². The Morgan fingerprint density at radius 3 is 2.60 bits per heavy atom. The number of nitrogens with one attached hydrogen (secondary N) is 1. The van der Waals surface area contributed by atoms with E-state index in [4.69, 9.17) is 15.9 Å². The van der Waals surface area contributed by atoms with Crippen LogP contribution in [0.3, 0.4) is 0 Å². The standard InChI is InChI=1S/C12H24N2O/c1-12(2,11(13)14)7-3-4-8-15-9-10-5-6-10/h10H,3-9H2,1-2H3,(H3,13,14). The van der Waals surface area contributed by atoms with E-state index >= 15 is 0 Å². The van der Waals surface area contributed by atoms with E-state index in [1.54, 1.807) is 0 Å². The van der Waals surface area contributed by atoms with Crippen molar-refractivity contribution in [1.29, 1.82) is 5.41 Å². The van der Waals surface area contributed by atoms with Crippen molar-refractivity contribution < 1.29 is 4.74 Å². The average Bonchev–Trinajstić information content (AvgIpc) is 2.94. The maximum absolute atomic E-state index is 7.42. The highest BCUT2D eigenvalue weighted by Crippen LogP contribution is 2.29. The molecule has 0 aromatic rings. The molecule has 1 aliphatic carbocycles. The molecule has 1 rings (SSSR count). The molecule has 1 fully saturated rings. The Hall–Kier alpha value is -0.570. The van der Waals surface area contributed by atoms with Crippen LogP contribution in [0.15, 0.2) is 0 Å². The van der Waals surface area contributed by atoms with Crippen LogP contribution in [-0.4, -0.2) is 19.0 Å². The maximum Gasteiger partial charge on any atom is 0.0963 e. The number of nitrogens with two attached hydrogens (primary N) is 1. The minimum Gasteiger partial charge on any atom is -0.387 e. The molecule has 3 N–H and O–H groups in total. The van der Waals surface area contributed by atoms with E-state index in [0.29, 0.717) is 5.84 Å². The summed E-state index contributed by atoms with van der Waals surface area (Å²) in [5, 5.41) is 7.42. The summed E-state index contributed by atoms with van der Waals surface area (Å²) in [5.74, 6) is 1.15. The summed E-state index contributed by atoms with van der Waals surface area (Å²) in [4.78, 5) is 0. The Morgan fingerprint density at radius 2 is 2.07 bits per heavy atom. The van der Waals surface area contributed by atoms with Crippen LogP contribution in [0.4, 0.5) is 0 Å². The minimum atomic E-state index is -0.142. The van der Waals surface area contributed by atoms with Crippen molar-refractivity contribution in [2.75, 3.05) is 13.2 Å². The summed E-state index contributed by atoms with van der Waals surface area (Å²) in [6, 6.07) is 0. The van der Waals surface area contributed by atoms with E-state index in [-0.39, 0.29) is 5.41 Å². The monoisotopic (exact) mass is 212 g/mol. The van der Waals surface area contributed by atoms with Crippen LogP contribution in [0.25, 0.3) is 0 Å². The molecule has 0 amide bonds. The van der Waals surface area contributed by atoms with Gasteiger partial charge < -0.3 is 10.5 Å². The summed E-state index contributed by atoms with van der Waals surface area (Å²) in [6.07, 6.45) is 5.88. The highest BCUT2D eigenvalue weighted by molar-refractivity contribution is 5.82. The lowest BCUT2D eigenvalue weighted by molar-refractivity contribution is 0.119. The highest BCUT2D eigenvalue weighted by atomic mass is 16.5. The van der Waals surface area contributed by atoms with Crippen molar-refractivity contribution in [2.45, 2.75) is 46.0 Å². The van der Waals surface area contributed by atoms with E-state index in [2.05, 4.69) is 0 Å². The van der Waals surface area contributed by atoms with Gasteiger partial charge in [-0.15, -0.1) is 0 Å². The third kappa shape index (κ3) is 5.17. The van der Waals surface area contributed by atoms with E-state index in [1.807, 2.05) is 13.8 Å². The minimum absolute atomic E-state index is 0.142. The van der Waals surface area contributed by atoms with Crippen LogP contribution in [0.1, 0.15) is 46.0 Å². The molecule has 0 bridgehead atoms. The van der Waals surface area contributed by atoms with Gasteiger partial charge in [0, 0.05) is 18.6 Å². The van der Waals surface area contributed by atoms with Gasteiger partial charge in [0.15, 0.2) is 0 Å². The summed E-state index contributed by atoms with van der Waals surface area (Å²) >= 11 is 0. The van der Waals surface area contributed by atoms with Gasteiger partial charge in [-0.2, -0.15) is 0 Å². The van der Waals surface area contributed by atoms with Crippen molar-refractivity contribution in [3.8, 4) is 0 Å². The third-order valence-electron chi connectivity index (χ3n) is 3.12. The van der Waals surface area contributed by atoms with E-state index in [0.717, 1.165) is 38.4 Å². The molecule has 3 nitrogen and oxygen atoms in total. The topological polar surface area (TPSA) is 59.1 Å². The van der Waals surface area contributed by atoms with Crippen LogP contribution in [-0.2, 0) is 4.74 Å². The molecule has 1 saturated carbocycles. The van der Waals surface area contributed by atoms with Crippen molar-refractivity contribution in [3.05, 3.63) is 0 Å². The molecular weight excluding hydrogens is 188 g/mol. The van der Waals surface area contributed by atoms with Gasteiger partial charge in [0.2, 0.25) is 0 Å². The first-order chi connectivity index (χ1) is 7.02. The fourth-order valence-corrected chi connectivity index (χ4v) is 1.44. The Morgan fingerprint density at radius 1 is 1.40 bits per heavy atom. The zero-order valence-corrected chi connectivity index (χ0v) is 10.0. The van der Waals surface area contributed by atoms with Crippen molar-refractivity contribution in [3.63, 3.8) is 0 Å². The molecule has 0 aromatic heterocycles. The molecule has 0 spiro atoms. The van der Waals surface area contributed by atoms with Gasteiger partial charge in [0.25, 0.3) is 0 Å². The van der Waals surface area contributed by atoms with Crippen molar-refractivity contribution in [2.24, 2.45) is 17.1 Å². The van der Waals surface area contributed by atoms with Crippen LogP contribution < -0.4 is 5.73 Å². The quantitative estimate of drug-likeness (QED) is 0.369. The zero-order chi connectivity index (χ0) is 11.3. The molecular formula is C12H24N2O. The summed E-state index contributed by atoms with van der Waals surface area (Å²) in [5.41, 5.74) is 5.37. The Balaban J connectivity index is 1.93. The summed E-state index contributed by atoms with van der Waals surface area (Å²) < 4.78 is 5.55. The first-order valence-corrected chi connectivity index (χ1v) is 5.94. The van der Waals surface area contributed by atoms with Gasteiger partial charge in [0.1, 0.15) is 0 Å². The molecule has 15 heavy (non-hydrogen) atoms. The molecule has 0 saturated heterocycles. The Kier molecular flexibility index (Phi) is 4.58. The average molecular weight is 212 g/mol. The number of hydrogen-bond donors (Lipinski definition) is 2. The predicted octanol–water partition coefficient (Wildman–Crippen LogP) is 2.55. The fourth-order valence-electron chi connectivity index (χ4n) is 1.44. The van der Waals surface area contributed by atoms with E-state index in [1.165, 1.54) is 12.8 Å². The molecule has 1 aliphatic rings. The smallest absolute Gasteiger partial charge is 0.0963 e. The summed E-state index contributed by atoms with van der Waals surface area (Å²) in [7, 11) is 0. The second-order valence-electron chi connectivity index (χ2n) is 5.27. The van der Waals surface area contributed by atoms with Crippen molar-refractivity contribution >= 4 is 5.84 Å². The normalized spacial score (nSPS) is 16.7. The highest BCUT2D eigenvalue weighted by Gasteiger charge is 2.22. The first-order valence-electron chi connectivity index (χ1n) is 5.94. The van der Waals surface area contributed by atoms with Crippen LogP contribution in [0, 0.1) is 16.7 Å². The third-order valence-corrected chi connectivity index (χ3v) is 3.12. The SMILES string of the molecule is CC(C)(CCCCOCC1CC1)C(=N)N. The summed E-state index contributed by atoms with van der Waals surface area (Å²) in [6.45, 7) is 5.88. The molecule has 0 unspecified atom stereocenters. The van der Waals surface area contributed by atoms with E-state index < -0.39 is 0 Å².